The topological polar surface area (TPSA) is 42.0 Å². The maximum atomic E-state index is 12.9. The van der Waals surface area contributed by atoms with Crippen molar-refractivity contribution in [2.24, 2.45) is 0 Å². The lowest BCUT2D eigenvalue weighted by Crippen LogP contribution is -2.24. The van der Waals surface area contributed by atoms with Gasteiger partial charge in [-0.3, -0.25) is 9.78 Å². The molecule has 0 saturated carbocycles. The average Bonchev–Trinajstić information content (AvgIpc) is 2.35. The Hall–Kier alpha value is -1.97. The van der Waals surface area contributed by atoms with Crippen LogP contribution in [-0.4, -0.2) is 17.4 Å². The second-order valence-corrected chi connectivity index (χ2v) is 3.82. The fourth-order valence-corrected chi connectivity index (χ4v) is 1.56. The zero-order valence-electron chi connectivity index (χ0n) is 9.53. The standard InChI is InChI=1S/C13H13FN2O/c1-2-5-15-13(17)10-6-9-3-4-11(14)7-12(9)16-8-10/h3-4,6-8H,2,5H2,1H3,(H,15,17). The highest BCUT2D eigenvalue weighted by Gasteiger charge is 2.06. The van der Waals surface area contributed by atoms with Crippen LogP contribution in [0.25, 0.3) is 10.9 Å². The summed E-state index contributed by atoms with van der Waals surface area (Å²) in [4.78, 5) is 15.8. The van der Waals surface area contributed by atoms with Crippen molar-refractivity contribution in [3.05, 3.63) is 41.8 Å². The van der Waals surface area contributed by atoms with Gasteiger partial charge < -0.3 is 5.32 Å². The normalized spacial score (nSPS) is 10.5. The fraction of sp³-hybridized carbons (Fsp3) is 0.231. The third kappa shape index (κ3) is 2.58. The number of nitrogens with zero attached hydrogens (tertiary/aromatic N) is 1. The number of halogens is 1. The van der Waals surface area contributed by atoms with Gasteiger partial charge in [0.15, 0.2) is 0 Å². The number of carbonyl (C=O) groups is 1. The Balaban J connectivity index is 2.31. The number of carbonyl (C=O) groups excluding carboxylic acids is 1. The summed E-state index contributed by atoms with van der Waals surface area (Å²) < 4.78 is 12.9. The molecular weight excluding hydrogens is 219 g/mol. The first-order valence-corrected chi connectivity index (χ1v) is 5.54. The second kappa shape index (κ2) is 4.91. The Morgan fingerprint density at radius 3 is 3.00 bits per heavy atom. The Morgan fingerprint density at radius 1 is 1.41 bits per heavy atom. The van der Waals surface area contributed by atoms with E-state index in [1.165, 1.54) is 18.3 Å². The Bertz CT molecular complexity index is 554. The minimum absolute atomic E-state index is 0.148. The minimum atomic E-state index is -0.326. The third-order valence-electron chi connectivity index (χ3n) is 2.44. The van der Waals surface area contributed by atoms with Crippen LogP contribution < -0.4 is 5.32 Å². The van der Waals surface area contributed by atoms with Crippen LogP contribution in [0.3, 0.4) is 0 Å². The molecule has 1 aromatic carbocycles. The van der Waals surface area contributed by atoms with Crippen molar-refractivity contribution in [3.63, 3.8) is 0 Å². The van der Waals surface area contributed by atoms with Crippen molar-refractivity contribution >= 4 is 16.8 Å². The maximum Gasteiger partial charge on any atom is 0.252 e. The van der Waals surface area contributed by atoms with Crippen molar-refractivity contribution in [1.29, 1.82) is 0 Å². The van der Waals surface area contributed by atoms with Gasteiger partial charge in [0.2, 0.25) is 0 Å². The van der Waals surface area contributed by atoms with E-state index in [9.17, 15) is 9.18 Å². The number of hydrogen-bond donors (Lipinski definition) is 1. The quantitative estimate of drug-likeness (QED) is 0.883. The second-order valence-electron chi connectivity index (χ2n) is 3.82. The van der Waals surface area contributed by atoms with Crippen LogP contribution in [0.15, 0.2) is 30.5 Å². The van der Waals surface area contributed by atoms with Crippen LogP contribution in [0.1, 0.15) is 23.7 Å². The van der Waals surface area contributed by atoms with E-state index >= 15 is 0 Å². The lowest BCUT2D eigenvalue weighted by molar-refractivity contribution is 0.0953. The molecule has 0 spiro atoms. The molecule has 0 saturated heterocycles. The van der Waals surface area contributed by atoms with Crippen LogP contribution in [0.4, 0.5) is 4.39 Å². The zero-order valence-corrected chi connectivity index (χ0v) is 9.53. The molecule has 88 valence electrons. The average molecular weight is 232 g/mol. The summed E-state index contributed by atoms with van der Waals surface area (Å²) in [6.45, 7) is 2.63. The number of pyridine rings is 1. The molecule has 1 heterocycles. The molecule has 1 amide bonds. The minimum Gasteiger partial charge on any atom is -0.352 e. The molecule has 3 nitrogen and oxygen atoms in total. The number of nitrogens with one attached hydrogen (secondary N) is 1. The largest absolute Gasteiger partial charge is 0.352 e. The molecule has 4 heteroatoms. The molecule has 0 fully saturated rings. The smallest absolute Gasteiger partial charge is 0.252 e. The third-order valence-corrected chi connectivity index (χ3v) is 2.44. The Morgan fingerprint density at radius 2 is 2.24 bits per heavy atom. The highest BCUT2D eigenvalue weighted by molar-refractivity contribution is 5.97. The summed E-state index contributed by atoms with van der Waals surface area (Å²) in [6.07, 6.45) is 2.35. The molecule has 2 rings (SSSR count). The molecule has 1 N–H and O–H groups in total. The summed E-state index contributed by atoms with van der Waals surface area (Å²) in [5.41, 5.74) is 1.05. The van der Waals surface area contributed by atoms with Crippen LogP contribution in [0.2, 0.25) is 0 Å². The summed E-state index contributed by atoms with van der Waals surface area (Å²) in [7, 11) is 0. The summed E-state index contributed by atoms with van der Waals surface area (Å²) in [6, 6.07) is 6.04. The van der Waals surface area contributed by atoms with Gasteiger partial charge in [0.05, 0.1) is 11.1 Å². The van der Waals surface area contributed by atoms with E-state index in [0.29, 0.717) is 17.6 Å². The Kier molecular flexibility index (Phi) is 3.32. The first-order valence-electron chi connectivity index (χ1n) is 5.54. The van der Waals surface area contributed by atoms with Crippen molar-refractivity contribution in [3.8, 4) is 0 Å². The number of rotatable bonds is 3. The first-order chi connectivity index (χ1) is 8.20. The van der Waals surface area contributed by atoms with Crippen LogP contribution in [-0.2, 0) is 0 Å². The highest BCUT2D eigenvalue weighted by Crippen LogP contribution is 2.14. The van der Waals surface area contributed by atoms with Crippen molar-refractivity contribution in [2.45, 2.75) is 13.3 Å². The molecule has 0 unspecified atom stereocenters. The number of amides is 1. The van der Waals surface area contributed by atoms with Crippen LogP contribution in [0, 0.1) is 5.82 Å². The molecular formula is C13H13FN2O. The van der Waals surface area contributed by atoms with Gasteiger partial charge in [0.1, 0.15) is 5.82 Å². The van der Waals surface area contributed by atoms with Gasteiger partial charge in [0.25, 0.3) is 5.91 Å². The molecule has 1 aromatic heterocycles. The van der Waals surface area contributed by atoms with Crippen molar-refractivity contribution < 1.29 is 9.18 Å². The van der Waals surface area contributed by atoms with Crippen LogP contribution >= 0.6 is 0 Å². The number of hydrogen-bond acceptors (Lipinski definition) is 2. The van der Waals surface area contributed by atoms with E-state index in [2.05, 4.69) is 10.3 Å². The van der Waals surface area contributed by atoms with Gasteiger partial charge in [0, 0.05) is 24.2 Å². The zero-order chi connectivity index (χ0) is 12.3. The van der Waals surface area contributed by atoms with Gasteiger partial charge >= 0.3 is 0 Å². The molecule has 2 aromatic rings. The summed E-state index contributed by atoms with van der Waals surface area (Å²) in [5.74, 6) is -0.473. The predicted octanol–water partition coefficient (Wildman–Crippen LogP) is 2.51. The van der Waals surface area contributed by atoms with E-state index in [4.69, 9.17) is 0 Å². The monoisotopic (exact) mass is 232 g/mol. The molecule has 0 aliphatic rings. The summed E-state index contributed by atoms with van der Waals surface area (Å²) >= 11 is 0. The van der Waals surface area contributed by atoms with E-state index in [1.54, 1.807) is 12.1 Å². The Labute approximate surface area is 98.7 Å². The molecule has 0 aliphatic heterocycles. The molecule has 0 bridgehead atoms. The molecule has 0 aliphatic carbocycles. The van der Waals surface area contributed by atoms with Gasteiger partial charge in [-0.1, -0.05) is 6.92 Å². The number of benzene rings is 1. The number of aromatic nitrogens is 1. The lowest BCUT2D eigenvalue weighted by atomic mass is 10.1. The molecule has 0 atom stereocenters. The van der Waals surface area contributed by atoms with E-state index in [0.717, 1.165) is 11.8 Å². The van der Waals surface area contributed by atoms with Crippen molar-refractivity contribution in [2.75, 3.05) is 6.54 Å². The highest BCUT2D eigenvalue weighted by atomic mass is 19.1. The fourth-order valence-electron chi connectivity index (χ4n) is 1.56. The first kappa shape index (κ1) is 11.5. The van der Waals surface area contributed by atoms with E-state index in [1.807, 2.05) is 6.92 Å². The van der Waals surface area contributed by atoms with Crippen molar-refractivity contribution in [1.82, 2.24) is 10.3 Å². The lowest BCUT2D eigenvalue weighted by Gasteiger charge is -2.04. The predicted molar refractivity (Wildman–Crippen MR) is 64.3 cm³/mol. The number of fused-ring (bicyclic) bond motifs is 1. The summed E-state index contributed by atoms with van der Waals surface area (Å²) in [5, 5.41) is 3.53. The van der Waals surface area contributed by atoms with Crippen LogP contribution in [0.5, 0.6) is 0 Å². The van der Waals surface area contributed by atoms with E-state index in [-0.39, 0.29) is 11.7 Å². The van der Waals surface area contributed by atoms with Gasteiger partial charge in [-0.05, 0) is 24.6 Å². The van der Waals surface area contributed by atoms with Gasteiger partial charge in [-0.2, -0.15) is 0 Å². The SMILES string of the molecule is CCCNC(=O)c1cnc2cc(F)ccc2c1. The van der Waals surface area contributed by atoms with E-state index < -0.39 is 0 Å². The molecule has 17 heavy (non-hydrogen) atoms. The van der Waals surface area contributed by atoms with Gasteiger partial charge in [-0.25, -0.2) is 4.39 Å². The van der Waals surface area contributed by atoms with Gasteiger partial charge in [-0.15, -0.1) is 0 Å². The maximum absolute atomic E-state index is 12.9. The molecule has 0 radical (unpaired) electrons.